The Hall–Kier alpha value is -3.12. The molecule has 0 aliphatic carbocycles. The lowest BCUT2D eigenvalue weighted by molar-refractivity contribution is -0.129. The van der Waals surface area contributed by atoms with Crippen molar-refractivity contribution < 1.29 is 14.7 Å². The Morgan fingerprint density at radius 1 is 1.16 bits per heavy atom. The van der Waals surface area contributed by atoms with Crippen molar-refractivity contribution in [2.24, 2.45) is 0 Å². The SMILES string of the molecule is COc1cccc(-c2n[nH]c(-c3ccccc3)c2CCC(=O)NO)c1. The Kier molecular flexibility index (Phi) is 5.11. The largest absolute Gasteiger partial charge is 0.497 e. The molecule has 0 bridgehead atoms. The van der Waals surface area contributed by atoms with Crippen molar-refractivity contribution >= 4 is 5.91 Å². The zero-order chi connectivity index (χ0) is 17.6. The first-order chi connectivity index (χ1) is 12.2. The molecule has 1 heterocycles. The Morgan fingerprint density at radius 3 is 2.64 bits per heavy atom. The Morgan fingerprint density at radius 2 is 1.92 bits per heavy atom. The third-order valence-electron chi connectivity index (χ3n) is 4.00. The van der Waals surface area contributed by atoms with Gasteiger partial charge in [0.15, 0.2) is 0 Å². The molecule has 0 saturated heterocycles. The van der Waals surface area contributed by atoms with E-state index in [4.69, 9.17) is 9.94 Å². The second kappa shape index (κ2) is 7.63. The molecular formula is C19H19N3O3. The number of ether oxygens (including phenoxy) is 1. The summed E-state index contributed by atoms with van der Waals surface area (Å²) in [4.78, 5) is 11.5. The lowest BCUT2D eigenvalue weighted by Crippen LogP contribution is -2.18. The van der Waals surface area contributed by atoms with Crippen LogP contribution >= 0.6 is 0 Å². The number of carbonyl (C=O) groups is 1. The number of amides is 1. The minimum absolute atomic E-state index is 0.160. The van der Waals surface area contributed by atoms with Crippen LogP contribution in [0.3, 0.4) is 0 Å². The molecule has 25 heavy (non-hydrogen) atoms. The highest BCUT2D eigenvalue weighted by atomic mass is 16.5. The number of hydroxylamine groups is 1. The zero-order valence-corrected chi connectivity index (χ0v) is 13.8. The van der Waals surface area contributed by atoms with Crippen molar-refractivity contribution in [2.45, 2.75) is 12.8 Å². The minimum atomic E-state index is -0.434. The molecular weight excluding hydrogens is 318 g/mol. The van der Waals surface area contributed by atoms with Gasteiger partial charge in [0, 0.05) is 17.5 Å². The summed E-state index contributed by atoms with van der Waals surface area (Å²) in [7, 11) is 1.62. The molecule has 0 saturated carbocycles. The lowest BCUT2D eigenvalue weighted by atomic mass is 9.98. The summed E-state index contributed by atoms with van der Waals surface area (Å²) < 4.78 is 5.29. The first-order valence-electron chi connectivity index (χ1n) is 7.93. The maximum atomic E-state index is 11.5. The first kappa shape index (κ1) is 16.7. The van der Waals surface area contributed by atoms with Crippen molar-refractivity contribution in [2.75, 3.05) is 7.11 Å². The van der Waals surface area contributed by atoms with Crippen molar-refractivity contribution in [3.8, 4) is 28.3 Å². The summed E-state index contributed by atoms with van der Waals surface area (Å²) in [5.41, 5.74) is 6.12. The summed E-state index contributed by atoms with van der Waals surface area (Å²) in [6, 6.07) is 17.4. The average Bonchev–Trinajstić information content (AvgIpc) is 3.10. The van der Waals surface area contributed by atoms with Gasteiger partial charge >= 0.3 is 0 Å². The fourth-order valence-electron chi connectivity index (χ4n) is 2.76. The van der Waals surface area contributed by atoms with Crippen LogP contribution in [0, 0.1) is 0 Å². The van der Waals surface area contributed by atoms with E-state index in [0.717, 1.165) is 33.8 Å². The second-order valence-electron chi connectivity index (χ2n) is 5.56. The molecule has 0 aliphatic rings. The van der Waals surface area contributed by atoms with Gasteiger partial charge in [-0.25, -0.2) is 5.48 Å². The van der Waals surface area contributed by atoms with E-state index in [0.29, 0.717) is 6.42 Å². The zero-order valence-electron chi connectivity index (χ0n) is 13.8. The number of aromatic amines is 1. The second-order valence-corrected chi connectivity index (χ2v) is 5.56. The van der Waals surface area contributed by atoms with Crippen LogP contribution in [0.1, 0.15) is 12.0 Å². The first-order valence-corrected chi connectivity index (χ1v) is 7.93. The predicted molar refractivity (Wildman–Crippen MR) is 94.3 cm³/mol. The quantitative estimate of drug-likeness (QED) is 0.476. The molecule has 1 amide bonds. The number of rotatable bonds is 6. The number of methoxy groups -OCH3 is 1. The van der Waals surface area contributed by atoms with Gasteiger partial charge in [-0.3, -0.25) is 15.1 Å². The molecule has 0 fully saturated rings. The predicted octanol–water partition coefficient (Wildman–Crippen LogP) is 3.19. The van der Waals surface area contributed by atoms with E-state index in [1.165, 1.54) is 0 Å². The summed E-state index contributed by atoms with van der Waals surface area (Å²) in [5, 5.41) is 16.3. The van der Waals surface area contributed by atoms with Crippen LogP contribution in [0.5, 0.6) is 5.75 Å². The molecule has 6 nitrogen and oxygen atoms in total. The fourth-order valence-corrected chi connectivity index (χ4v) is 2.76. The van der Waals surface area contributed by atoms with Crippen LogP contribution in [0.2, 0.25) is 0 Å². The van der Waals surface area contributed by atoms with Gasteiger partial charge in [0.25, 0.3) is 0 Å². The highest BCUT2D eigenvalue weighted by Crippen LogP contribution is 2.32. The number of benzene rings is 2. The molecule has 0 atom stereocenters. The van der Waals surface area contributed by atoms with Gasteiger partial charge in [0.1, 0.15) is 5.75 Å². The Labute approximate surface area is 145 Å². The maximum absolute atomic E-state index is 11.5. The van der Waals surface area contributed by atoms with E-state index in [9.17, 15) is 4.79 Å². The van der Waals surface area contributed by atoms with Crippen molar-refractivity contribution in [1.82, 2.24) is 15.7 Å². The highest BCUT2D eigenvalue weighted by molar-refractivity contribution is 5.78. The Bertz CT molecular complexity index is 859. The van der Waals surface area contributed by atoms with E-state index >= 15 is 0 Å². The third kappa shape index (κ3) is 3.70. The maximum Gasteiger partial charge on any atom is 0.243 e. The average molecular weight is 337 g/mol. The molecule has 2 aromatic carbocycles. The van der Waals surface area contributed by atoms with Gasteiger partial charge in [-0.2, -0.15) is 5.10 Å². The smallest absolute Gasteiger partial charge is 0.243 e. The molecule has 0 radical (unpaired) electrons. The van der Waals surface area contributed by atoms with Gasteiger partial charge < -0.3 is 4.74 Å². The third-order valence-corrected chi connectivity index (χ3v) is 4.00. The normalized spacial score (nSPS) is 10.5. The van der Waals surface area contributed by atoms with E-state index in [1.807, 2.05) is 54.6 Å². The molecule has 0 unspecified atom stereocenters. The minimum Gasteiger partial charge on any atom is -0.497 e. The van der Waals surface area contributed by atoms with Crippen LogP contribution in [0.4, 0.5) is 0 Å². The monoisotopic (exact) mass is 337 g/mol. The van der Waals surface area contributed by atoms with Crippen molar-refractivity contribution in [3.05, 3.63) is 60.2 Å². The summed E-state index contributed by atoms with van der Waals surface area (Å²) in [5.74, 6) is 0.303. The molecule has 128 valence electrons. The van der Waals surface area contributed by atoms with Crippen LogP contribution < -0.4 is 10.2 Å². The van der Waals surface area contributed by atoms with Crippen molar-refractivity contribution in [1.29, 1.82) is 0 Å². The standard InChI is InChI=1S/C19H19N3O3/c1-25-15-9-5-8-14(12-15)19-16(10-11-17(23)22-24)18(20-21-19)13-6-3-2-4-7-13/h2-9,12,24H,10-11H2,1H3,(H,20,21)(H,22,23). The number of carbonyl (C=O) groups excluding carboxylic acids is 1. The number of H-pyrrole nitrogens is 1. The molecule has 1 aromatic heterocycles. The van der Waals surface area contributed by atoms with E-state index in [1.54, 1.807) is 12.6 Å². The van der Waals surface area contributed by atoms with Gasteiger partial charge in [-0.15, -0.1) is 0 Å². The van der Waals surface area contributed by atoms with Gasteiger partial charge in [0.2, 0.25) is 5.91 Å². The Balaban J connectivity index is 2.05. The van der Waals surface area contributed by atoms with E-state index < -0.39 is 5.91 Å². The van der Waals surface area contributed by atoms with Crippen LogP contribution in [0.15, 0.2) is 54.6 Å². The lowest BCUT2D eigenvalue weighted by Gasteiger charge is -2.07. The molecule has 6 heteroatoms. The van der Waals surface area contributed by atoms with Crippen molar-refractivity contribution in [3.63, 3.8) is 0 Å². The summed E-state index contributed by atoms with van der Waals surface area (Å²) in [6.45, 7) is 0. The van der Waals surface area contributed by atoms with Crippen LogP contribution in [-0.4, -0.2) is 28.4 Å². The highest BCUT2D eigenvalue weighted by Gasteiger charge is 2.17. The summed E-state index contributed by atoms with van der Waals surface area (Å²) >= 11 is 0. The van der Waals surface area contributed by atoms with Crippen LogP contribution in [-0.2, 0) is 11.2 Å². The van der Waals surface area contributed by atoms with Gasteiger partial charge in [-0.1, -0.05) is 42.5 Å². The van der Waals surface area contributed by atoms with E-state index in [2.05, 4.69) is 10.2 Å². The number of hydrogen-bond acceptors (Lipinski definition) is 4. The number of nitrogens with zero attached hydrogens (tertiary/aromatic N) is 1. The topological polar surface area (TPSA) is 87.2 Å². The molecule has 0 spiro atoms. The molecule has 3 aromatic rings. The molecule has 0 aliphatic heterocycles. The molecule has 3 N–H and O–H groups in total. The van der Waals surface area contributed by atoms with E-state index in [-0.39, 0.29) is 6.42 Å². The fraction of sp³-hybridized carbons (Fsp3) is 0.158. The number of aromatic nitrogens is 2. The van der Waals surface area contributed by atoms with Gasteiger partial charge in [0.05, 0.1) is 18.5 Å². The molecule has 3 rings (SSSR count). The van der Waals surface area contributed by atoms with Gasteiger partial charge in [-0.05, 0) is 24.1 Å². The summed E-state index contributed by atoms with van der Waals surface area (Å²) in [6.07, 6.45) is 0.604. The number of nitrogens with one attached hydrogen (secondary N) is 2. The number of hydrogen-bond donors (Lipinski definition) is 3. The van der Waals surface area contributed by atoms with Crippen LogP contribution in [0.25, 0.3) is 22.5 Å².